The maximum absolute atomic E-state index is 8.62. The zero-order valence-electron chi connectivity index (χ0n) is 5.29. The number of hydrogen-bond donors (Lipinski definition) is 2. The number of hydrogen-bond acceptors (Lipinski definition) is 3. The van der Waals surface area contributed by atoms with E-state index in [0.29, 0.717) is 6.61 Å². The third-order valence-electron chi connectivity index (χ3n) is 0.600. The standard InChI is InChI=1S/C5H13NO2/c1-4(7)3-8-5(2)6/h4-5,7H,3,6H2,1-2H3. The zero-order chi connectivity index (χ0) is 6.57. The van der Waals surface area contributed by atoms with Crippen LogP contribution >= 0.6 is 0 Å². The maximum Gasteiger partial charge on any atom is 0.102 e. The van der Waals surface area contributed by atoms with Crippen molar-refractivity contribution in [2.75, 3.05) is 6.61 Å². The Balaban J connectivity index is 2.93. The second kappa shape index (κ2) is 3.83. The highest BCUT2D eigenvalue weighted by molar-refractivity contribution is 4.42. The van der Waals surface area contributed by atoms with Crippen molar-refractivity contribution in [2.24, 2.45) is 5.73 Å². The smallest absolute Gasteiger partial charge is 0.102 e. The minimum absolute atomic E-state index is 0.274. The number of aliphatic hydroxyl groups is 1. The van der Waals surface area contributed by atoms with Crippen LogP contribution in [-0.2, 0) is 4.74 Å². The van der Waals surface area contributed by atoms with E-state index in [1.165, 1.54) is 0 Å². The van der Waals surface area contributed by atoms with Gasteiger partial charge in [-0.05, 0) is 13.8 Å². The molecule has 2 atom stereocenters. The molecule has 0 aromatic rings. The van der Waals surface area contributed by atoms with Crippen LogP contribution in [0.15, 0.2) is 0 Å². The normalized spacial score (nSPS) is 18.0. The number of rotatable bonds is 3. The first-order chi connectivity index (χ1) is 3.63. The van der Waals surface area contributed by atoms with Gasteiger partial charge in [-0.1, -0.05) is 0 Å². The lowest BCUT2D eigenvalue weighted by Gasteiger charge is -2.07. The molecule has 0 radical (unpaired) electrons. The molecule has 0 saturated heterocycles. The van der Waals surface area contributed by atoms with E-state index in [0.717, 1.165) is 0 Å². The molecular formula is C5H13NO2. The van der Waals surface area contributed by atoms with Crippen molar-refractivity contribution >= 4 is 0 Å². The number of aliphatic hydroxyl groups excluding tert-OH is 1. The molecule has 0 spiro atoms. The summed E-state index contributed by atoms with van der Waals surface area (Å²) in [5.74, 6) is 0. The summed E-state index contributed by atoms with van der Waals surface area (Å²) in [7, 11) is 0. The highest BCUT2D eigenvalue weighted by Gasteiger charge is 1.96. The third-order valence-corrected chi connectivity index (χ3v) is 0.600. The van der Waals surface area contributed by atoms with E-state index in [4.69, 9.17) is 15.6 Å². The van der Waals surface area contributed by atoms with Crippen molar-refractivity contribution in [1.29, 1.82) is 0 Å². The molecule has 0 aromatic heterocycles. The highest BCUT2D eigenvalue weighted by Crippen LogP contribution is 1.84. The van der Waals surface area contributed by atoms with Gasteiger partial charge in [0.05, 0.1) is 12.7 Å². The van der Waals surface area contributed by atoms with E-state index < -0.39 is 6.10 Å². The Morgan fingerprint density at radius 1 is 1.62 bits per heavy atom. The van der Waals surface area contributed by atoms with Crippen LogP contribution in [0.2, 0.25) is 0 Å². The van der Waals surface area contributed by atoms with Crippen LogP contribution in [0.5, 0.6) is 0 Å². The van der Waals surface area contributed by atoms with Crippen molar-refractivity contribution < 1.29 is 9.84 Å². The summed E-state index contributed by atoms with van der Waals surface area (Å²) in [6.45, 7) is 3.70. The molecule has 3 heteroatoms. The van der Waals surface area contributed by atoms with Crippen LogP contribution in [0, 0.1) is 0 Å². The lowest BCUT2D eigenvalue weighted by Crippen LogP contribution is -2.23. The van der Waals surface area contributed by atoms with Gasteiger partial charge >= 0.3 is 0 Å². The fourth-order valence-corrected chi connectivity index (χ4v) is 0.291. The Morgan fingerprint density at radius 2 is 2.12 bits per heavy atom. The first kappa shape index (κ1) is 7.88. The van der Waals surface area contributed by atoms with Gasteiger partial charge in [0.1, 0.15) is 6.23 Å². The molecule has 0 heterocycles. The molecule has 0 aliphatic rings. The SMILES string of the molecule is CC(O)COC(C)N. The predicted molar refractivity (Wildman–Crippen MR) is 31.3 cm³/mol. The van der Waals surface area contributed by atoms with Gasteiger partial charge in [0.25, 0.3) is 0 Å². The first-order valence-electron chi connectivity index (χ1n) is 2.68. The predicted octanol–water partition coefficient (Wildman–Crippen LogP) is -0.312. The van der Waals surface area contributed by atoms with Gasteiger partial charge in [0, 0.05) is 0 Å². The van der Waals surface area contributed by atoms with E-state index in [1.807, 2.05) is 0 Å². The molecule has 3 nitrogen and oxygen atoms in total. The third kappa shape index (κ3) is 5.88. The summed E-state index contributed by atoms with van der Waals surface area (Å²) in [5, 5.41) is 8.62. The maximum atomic E-state index is 8.62. The highest BCUT2D eigenvalue weighted by atomic mass is 16.5. The van der Waals surface area contributed by atoms with E-state index >= 15 is 0 Å². The van der Waals surface area contributed by atoms with Crippen LogP contribution in [0.3, 0.4) is 0 Å². The number of nitrogens with two attached hydrogens (primary N) is 1. The van der Waals surface area contributed by atoms with Crippen LogP contribution in [0.4, 0.5) is 0 Å². The lowest BCUT2D eigenvalue weighted by molar-refractivity contribution is 0.00832. The molecule has 0 bridgehead atoms. The molecule has 3 N–H and O–H groups in total. The second-order valence-electron chi connectivity index (χ2n) is 1.89. The van der Waals surface area contributed by atoms with Crippen molar-refractivity contribution in [3.63, 3.8) is 0 Å². The van der Waals surface area contributed by atoms with Crippen LogP contribution < -0.4 is 5.73 Å². The fraction of sp³-hybridized carbons (Fsp3) is 1.00. The molecule has 50 valence electrons. The van der Waals surface area contributed by atoms with Gasteiger partial charge < -0.3 is 15.6 Å². The molecular weight excluding hydrogens is 106 g/mol. The van der Waals surface area contributed by atoms with Gasteiger partial charge in [-0.3, -0.25) is 0 Å². The van der Waals surface area contributed by atoms with Crippen molar-refractivity contribution in [2.45, 2.75) is 26.2 Å². The molecule has 0 fully saturated rings. The summed E-state index contributed by atoms with van der Waals surface area (Å²) < 4.78 is 4.83. The van der Waals surface area contributed by atoms with E-state index in [2.05, 4.69) is 0 Å². The molecule has 0 saturated carbocycles. The van der Waals surface area contributed by atoms with Gasteiger partial charge in [-0.25, -0.2) is 0 Å². The topological polar surface area (TPSA) is 55.5 Å². The summed E-state index contributed by atoms with van der Waals surface area (Å²) in [6, 6.07) is 0. The molecule has 0 aliphatic carbocycles. The number of ether oxygens (including phenoxy) is 1. The Labute approximate surface area is 49.4 Å². The fourth-order valence-electron chi connectivity index (χ4n) is 0.291. The molecule has 0 rings (SSSR count). The Bertz CT molecular complexity index is 46.4. The van der Waals surface area contributed by atoms with E-state index in [1.54, 1.807) is 13.8 Å². The van der Waals surface area contributed by atoms with Crippen molar-refractivity contribution in [1.82, 2.24) is 0 Å². The minimum atomic E-state index is -0.416. The largest absolute Gasteiger partial charge is 0.391 e. The van der Waals surface area contributed by atoms with Crippen LogP contribution in [0.1, 0.15) is 13.8 Å². The quantitative estimate of drug-likeness (QED) is 0.501. The average Bonchev–Trinajstić information content (AvgIpc) is 1.61. The molecule has 0 amide bonds. The van der Waals surface area contributed by atoms with Crippen LogP contribution in [-0.4, -0.2) is 24.0 Å². The van der Waals surface area contributed by atoms with Gasteiger partial charge in [-0.15, -0.1) is 0 Å². The average molecular weight is 119 g/mol. The molecule has 2 unspecified atom stereocenters. The zero-order valence-corrected chi connectivity index (χ0v) is 5.29. The Morgan fingerprint density at radius 3 is 2.25 bits per heavy atom. The van der Waals surface area contributed by atoms with Crippen molar-refractivity contribution in [3.05, 3.63) is 0 Å². The van der Waals surface area contributed by atoms with Crippen molar-refractivity contribution in [3.8, 4) is 0 Å². The lowest BCUT2D eigenvalue weighted by atomic mass is 10.4. The minimum Gasteiger partial charge on any atom is -0.391 e. The summed E-state index contributed by atoms with van der Waals surface area (Å²) in [4.78, 5) is 0. The van der Waals surface area contributed by atoms with Crippen LogP contribution in [0.25, 0.3) is 0 Å². The van der Waals surface area contributed by atoms with Gasteiger partial charge in [0.2, 0.25) is 0 Å². The van der Waals surface area contributed by atoms with Gasteiger partial charge in [0.15, 0.2) is 0 Å². The monoisotopic (exact) mass is 119 g/mol. The summed E-state index contributed by atoms with van der Waals surface area (Å²) in [5.41, 5.74) is 5.21. The first-order valence-corrected chi connectivity index (χ1v) is 2.68. The second-order valence-corrected chi connectivity index (χ2v) is 1.89. The van der Waals surface area contributed by atoms with E-state index in [-0.39, 0.29) is 6.23 Å². The van der Waals surface area contributed by atoms with E-state index in [9.17, 15) is 0 Å². The summed E-state index contributed by atoms with van der Waals surface area (Å²) in [6.07, 6.45) is -0.689. The Hall–Kier alpha value is -0.120. The molecule has 0 aromatic carbocycles. The van der Waals surface area contributed by atoms with Gasteiger partial charge in [-0.2, -0.15) is 0 Å². The molecule has 8 heavy (non-hydrogen) atoms. The summed E-state index contributed by atoms with van der Waals surface area (Å²) >= 11 is 0. The molecule has 0 aliphatic heterocycles. The Kier molecular flexibility index (Phi) is 3.77.